The Balaban J connectivity index is 1.21. The molecule has 2 aliphatic heterocycles. The monoisotopic (exact) mass is 708 g/mol. The highest BCUT2D eigenvalue weighted by atomic mass is 32.7. The second kappa shape index (κ2) is 12.9. The van der Waals surface area contributed by atoms with E-state index in [2.05, 4.69) is 54.5 Å². The van der Waals surface area contributed by atoms with E-state index in [1.165, 1.54) is 27.9 Å². The lowest BCUT2D eigenvalue weighted by Gasteiger charge is -2.25. The normalized spacial score (nSPS) is 29.0. The third kappa shape index (κ3) is 6.49. The number of nitrogen functional groups attached to an aromatic ring is 2. The van der Waals surface area contributed by atoms with Crippen molar-refractivity contribution in [3.8, 4) is 0 Å². The summed E-state index contributed by atoms with van der Waals surface area (Å²) in [5.74, 6) is -0.131. The number of aromatic amines is 1. The minimum Gasteiger partial charge on any atom is -0.396 e. The van der Waals surface area contributed by atoms with Crippen molar-refractivity contribution in [2.24, 2.45) is 0 Å². The second-order valence-corrected chi connectivity index (χ2v) is 14.8. The zero-order valence-electron chi connectivity index (χ0n) is 22.8. The molecule has 4 aromatic rings. The molecule has 6 heterocycles. The molecular formula is C21H27FN10O9P2S2. The number of H-pyrrole nitrogens is 1. The van der Waals surface area contributed by atoms with Crippen molar-refractivity contribution in [1.29, 1.82) is 0 Å². The van der Waals surface area contributed by atoms with Crippen LogP contribution in [0, 0.1) is 0 Å². The molecule has 45 heavy (non-hydrogen) atoms. The third-order valence-corrected chi connectivity index (χ3v) is 9.65. The molecule has 0 saturated carbocycles. The molecule has 0 spiro atoms. The summed E-state index contributed by atoms with van der Waals surface area (Å²) in [7, 11) is -2.75. The van der Waals surface area contributed by atoms with Gasteiger partial charge in [0.2, 0.25) is 19.1 Å². The Morgan fingerprint density at radius 1 is 1.24 bits per heavy atom. The quantitative estimate of drug-likeness (QED) is 0.0938. The van der Waals surface area contributed by atoms with Crippen molar-refractivity contribution in [3.05, 3.63) is 34.8 Å². The first kappa shape index (κ1) is 32.3. The smallest absolute Gasteiger partial charge is 0.386 e. The van der Waals surface area contributed by atoms with Gasteiger partial charge >= 0.3 is 6.80 Å². The Morgan fingerprint density at radius 2 is 2.04 bits per heavy atom. The van der Waals surface area contributed by atoms with Crippen molar-refractivity contribution in [3.63, 3.8) is 0 Å². The molecule has 0 amide bonds. The number of aliphatic hydroxyl groups is 1. The summed E-state index contributed by atoms with van der Waals surface area (Å²) >= 11 is 7.93. The molecule has 9 atom stereocenters. The molecule has 0 aliphatic carbocycles. The first-order valence-corrected chi connectivity index (χ1v) is 18.5. The number of aliphatic hydroxyl groups excluding tert-OH is 1. The third-order valence-electron chi connectivity index (χ3n) is 7.22. The molecule has 2 saturated heterocycles. The molecule has 6 rings (SSSR count). The predicted octanol–water partition coefficient (Wildman–Crippen LogP) is 1.01. The Labute approximate surface area is 262 Å². The van der Waals surface area contributed by atoms with Crippen LogP contribution >= 0.6 is 38.5 Å². The first-order valence-electron chi connectivity index (χ1n) is 13.2. The van der Waals surface area contributed by atoms with E-state index in [0.29, 0.717) is 11.2 Å². The Bertz CT molecular complexity index is 1850. The van der Waals surface area contributed by atoms with E-state index in [0.717, 1.165) is 0 Å². The maximum absolute atomic E-state index is 15.7. The summed E-state index contributed by atoms with van der Waals surface area (Å²) in [6, 6.07) is 0. The number of nitrogens with one attached hydrogen (secondary N) is 1. The summed E-state index contributed by atoms with van der Waals surface area (Å²) in [4.78, 5) is 30.7. The fraction of sp³-hybridized carbons (Fsp3) is 0.524. The lowest BCUT2D eigenvalue weighted by molar-refractivity contribution is -0.0399. The van der Waals surface area contributed by atoms with E-state index < -0.39 is 75.7 Å². The molecule has 24 heteroatoms. The van der Waals surface area contributed by atoms with Gasteiger partial charge in [0.1, 0.15) is 18.5 Å². The highest BCUT2D eigenvalue weighted by Gasteiger charge is 2.50. The summed E-state index contributed by atoms with van der Waals surface area (Å²) in [6.07, 6.45) is -4.60. The number of halogens is 1. The van der Waals surface area contributed by atoms with Crippen LogP contribution in [0.1, 0.15) is 30.7 Å². The van der Waals surface area contributed by atoms with Gasteiger partial charge in [-0.05, 0) is 6.42 Å². The fourth-order valence-corrected chi connectivity index (χ4v) is 7.63. The number of hydrogen-bond donors (Lipinski definition) is 6. The van der Waals surface area contributed by atoms with Gasteiger partial charge in [-0.3, -0.25) is 28.0 Å². The molecular weight excluding hydrogens is 681 g/mol. The lowest BCUT2D eigenvalue weighted by atomic mass is 10.1. The lowest BCUT2D eigenvalue weighted by Crippen LogP contribution is -2.31. The van der Waals surface area contributed by atoms with Crippen molar-refractivity contribution >= 4 is 67.2 Å². The molecule has 19 nitrogen and oxygen atoms in total. The van der Waals surface area contributed by atoms with Crippen LogP contribution in [0.25, 0.3) is 16.8 Å². The summed E-state index contributed by atoms with van der Waals surface area (Å²) in [5, 5.41) is 13.6. The number of ether oxygens (including phenoxy) is 2. The molecule has 2 aliphatic rings. The van der Waals surface area contributed by atoms with Gasteiger partial charge in [-0.1, -0.05) is 24.5 Å². The average Bonchev–Trinajstić information content (AvgIpc) is 3.74. The minimum absolute atomic E-state index is 0.0475. The van der Waals surface area contributed by atoms with Crippen molar-refractivity contribution in [2.75, 3.05) is 24.7 Å². The maximum Gasteiger partial charge on any atom is 0.386 e. The predicted molar refractivity (Wildman–Crippen MR) is 161 cm³/mol. The van der Waals surface area contributed by atoms with Crippen LogP contribution in [0.15, 0.2) is 23.6 Å². The molecule has 0 aromatic carbocycles. The van der Waals surface area contributed by atoms with Crippen LogP contribution in [0.2, 0.25) is 0 Å². The van der Waals surface area contributed by atoms with Crippen molar-refractivity contribution < 1.29 is 41.7 Å². The van der Waals surface area contributed by atoms with E-state index >= 15 is 4.39 Å². The van der Waals surface area contributed by atoms with Gasteiger partial charge in [-0.2, -0.15) is 14.6 Å². The first-order chi connectivity index (χ1) is 21.5. The van der Waals surface area contributed by atoms with Gasteiger partial charge in [0.15, 0.2) is 29.2 Å². The largest absolute Gasteiger partial charge is 0.396 e. The molecule has 4 aromatic heterocycles. The topological polar surface area (TPSA) is 259 Å². The van der Waals surface area contributed by atoms with Crippen LogP contribution in [0.5, 0.6) is 0 Å². The highest BCUT2D eigenvalue weighted by Crippen LogP contribution is 2.57. The number of fused-ring (bicyclic) bond motifs is 2. The standard InChI is InChI=1S/C21H27FN10O9P2S2/c22-13-9(1-2-33)39-19(31-7-27-14-17(31)29-20(23)30-18(14)34)15(13)41-43(36,45)37-5-12-11(40-42(35)44)3-10(38-12)8-4-28-32-16(8)25-6-26-21(32)24/h4,6-7,9-13,15,19,33,42H,1-3,5H2,(H,35,44)(H,36,45)(H2,24,25,26)(H3,23,29,30,34)/t9-,10-,11+,12-,13-,15-,19-,43?/m1/s1. The van der Waals surface area contributed by atoms with Crippen LogP contribution in [-0.4, -0.2) is 88.0 Å². The minimum atomic E-state index is -4.39. The molecule has 2 fully saturated rings. The van der Waals surface area contributed by atoms with E-state index in [1.807, 2.05) is 0 Å². The molecule has 0 bridgehead atoms. The number of rotatable bonds is 11. The Hall–Kier alpha value is -2.65. The van der Waals surface area contributed by atoms with Gasteiger partial charge in [0.05, 0.1) is 37.4 Å². The van der Waals surface area contributed by atoms with Gasteiger partial charge in [-0.15, -0.1) is 0 Å². The van der Waals surface area contributed by atoms with E-state index in [-0.39, 0.29) is 35.9 Å². The SMILES string of the molecule is Nc1nc2c(ncn2[C@@H]2O[C@H](CCO)[C@@H](F)[C@H]2OP(=O)(S)OC[C@H]2O[C@@H](c3cnn4c(N)ncnc34)C[C@@H]2O[PH](=O)S)c(=O)[nH]1. The van der Waals surface area contributed by atoms with Crippen molar-refractivity contribution in [2.45, 2.75) is 55.8 Å². The molecule has 0 radical (unpaired) electrons. The number of nitrogens with zero attached hydrogens (tertiary/aromatic N) is 7. The zero-order chi connectivity index (χ0) is 32.0. The Kier molecular flexibility index (Phi) is 9.23. The summed E-state index contributed by atoms with van der Waals surface area (Å²) in [5.41, 5.74) is 11.6. The number of alkyl halides is 1. The van der Waals surface area contributed by atoms with E-state index in [1.54, 1.807) is 0 Å². The van der Waals surface area contributed by atoms with Crippen LogP contribution in [0.4, 0.5) is 16.3 Å². The van der Waals surface area contributed by atoms with Crippen LogP contribution in [0.3, 0.4) is 0 Å². The fourth-order valence-electron chi connectivity index (χ4n) is 5.26. The van der Waals surface area contributed by atoms with Gasteiger partial charge in [-0.25, -0.2) is 23.9 Å². The highest BCUT2D eigenvalue weighted by molar-refractivity contribution is 8.44. The zero-order valence-corrected chi connectivity index (χ0v) is 26.5. The van der Waals surface area contributed by atoms with Gasteiger partial charge in [0, 0.05) is 18.6 Å². The average molecular weight is 709 g/mol. The number of thiol groups is 2. The van der Waals surface area contributed by atoms with Crippen molar-refractivity contribution in [1.82, 2.24) is 39.1 Å². The Morgan fingerprint density at radius 3 is 2.80 bits per heavy atom. The van der Waals surface area contributed by atoms with E-state index in [9.17, 15) is 19.0 Å². The van der Waals surface area contributed by atoms with Gasteiger partial charge < -0.3 is 30.6 Å². The molecule has 244 valence electrons. The van der Waals surface area contributed by atoms with Gasteiger partial charge in [0.25, 0.3) is 5.56 Å². The molecule has 2 unspecified atom stereocenters. The number of hydrogen-bond acceptors (Lipinski definition) is 16. The summed E-state index contributed by atoms with van der Waals surface area (Å²) in [6.45, 7) is -5.26. The number of imidazole rings is 1. The molecule has 6 N–H and O–H groups in total. The van der Waals surface area contributed by atoms with Crippen LogP contribution < -0.4 is 17.0 Å². The van der Waals surface area contributed by atoms with E-state index in [4.69, 9.17) is 34.5 Å². The number of nitrogens with two attached hydrogens (primary N) is 2. The number of aromatic nitrogens is 8. The second-order valence-electron chi connectivity index (χ2n) is 10.0. The van der Waals surface area contributed by atoms with Crippen LogP contribution in [-0.2, 0) is 32.2 Å². The maximum atomic E-state index is 15.7. The summed E-state index contributed by atoms with van der Waals surface area (Å²) < 4.78 is 72.0. The number of anilines is 2.